The van der Waals surface area contributed by atoms with Gasteiger partial charge in [0.2, 0.25) is 5.91 Å². The monoisotopic (exact) mass is 341 g/mol. The summed E-state index contributed by atoms with van der Waals surface area (Å²) in [6.45, 7) is 2.90. The van der Waals surface area contributed by atoms with Gasteiger partial charge in [-0.05, 0) is 44.0 Å². The molecule has 0 aliphatic carbocycles. The van der Waals surface area contributed by atoms with Crippen LogP contribution in [0, 0.1) is 0 Å². The Labute approximate surface area is 141 Å². The van der Waals surface area contributed by atoms with E-state index in [1.165, 1.54) is 19.3 Å². The van der Waals surface area contributed by atoms with Crippen LogP contribution in [-0.2, 0) is 4.79 Å². The average Bonchev–Trinajstić information content (AvgIpc) is 2.81. The Balaban J connectivity index is 1.49. The van der Waals surface area contributed by atoms with E-state index in [0.717, 1.165) is 19.6 Å². The number of rotatable bonds is 4. The fourth-order valence-corrected chi connectivity index (χ4v) is 3.62. The first-order valence-electron chi connectivity index (χ1n) is 7.83. The van der Waals surface area contributed by atoms with Crippen LogP contribution in [0.2, 0.25) is 10.0 Å². The Hall–Kier alpha value is -0.810. The fraction of sp³-hybridized carbons (Fsp3) is 0.562. The number of hydrogen-bond donors (Lipinski definition) is 2. The summed E-state index contributed by atoms with van der Waals surface area (Å²) in [4.78, 5) is 14.5. The minimum absolute atomic E-state index is 0.0217. The molecule has 6 heteroatoms. The number of carbonyl (C=O) groups is 1. The van der Waals surface area contributed by atoms with Crippen molar-refractivity contribution in [1.82, 2.24) is 10.2 Å². The van der Waals surface area contributed by atoms with E-state index in [0.29, 0.717) is 34.2 Å². The van der Waals surface area contributed by atoms with E-state index in [2.05, 4.69) is 15.5 Å². The molecule has 2 heterocycles. The fourth-order valence-electron chi connectivity index (χ4n) is 3.28. The number of nitrogens with one attached hydrogen (secondary N) is 2. The molecule has 2 unspecified atom stereocenters. The largest absolute Gasteiger partial charge is 0.325 e. The zero-order valence-corrected chi connectivity index (χ0v) is 14.0. The van der Waals surface area contributed by atoms with Crippen molar-refractivity contribution in [2.45, 2.75) is 37.8 Å². The Morgan fingerprint density at radius 1 is 1.27 bits per heavy atom. The molecule has 2 aliphatic rings. The van der Waals surface area contributed by atoms with Gasteiger partial charge in [-0.3, -0.25) is 4.79 Å². The molecule has 2 saturated heterocycles. The first-order valence-corrected chi connectivity index (χ1v) is 8.59. The van der Waals surface area contributed by atoms with Crippen LogP contribution in [0.5, 0.6) is 0 Å². The number of fused-ring (bicyclic) bond motifs is 2. The molecule has 2 N–H and O–H groups in total. The van der Waals surface area contributed by atoms with E-state index >= 15 is 0 Å². The van der Waals surface area contributed by atoms with E-state index in [4.69, 9.17) is 23.2 Å². The summed E-state index contributed by atoms with van der Waals surface area (Å²) < 4.78 is 0. The molecule has 120 valence electrons. The maximum Gasteiger partial charge on any atom is 0.225 e. The number of carbonyl (C=O) groups excluding carboxylic acids is 1. The summed E-state index contributed by atoms with van der Waals surface area (Å²) in [5.41, 5.74) is 0.579. The molecule has 4 nitrogen and oxygen atoms in total. The van der Waals surface area contributed by atoms with E-state index in [1.807, 2.05) is 0 Å². The summed E-state index contributed by atoms with van der Waals surface area (Å²) >= 11 is 12.0. The molecule has 2 aliphatic heterocycles. The van der Waals surface area contributed by atoms with Gasteiger partial charge < -0.3 is 15.5 Å². The van der Waals surface area contributed by atoms with Crippen LogP contribution in [0.4, 0.5) is 5.69 Å². The van der Waals surface area contributed by atoms with Gasteiger partial charge in [0.15, 0.2) is 0 Å². The van der Waals surface area contributed by atoms with Crippen LogP contribution < -0.4 is 10.6 Å². The first kappa shape index (κ1) is 16.1. The minimum Gasteiger partial charge on any atom is -0.325 e. The molecule has 1 aromatic rings. The highest BCUT2D eigenvalue weighted by Gasteiger charge is 2.29. The molecule has 2 atom stereocenters. The van der Waals surface area contributed by atoms with Gasteiger partial charge in [-0.25, -0.2) is 0 Å². The summed E-state index contributed by atoms with van der Waals surface area (Å²) in [7, 11) is 0. The van der Waals surface area contributed by atoms with Crippen LogP contribution in [0.1, 0.15) is 25.7 Å². The molecule has 22 heavy (non-hydrogen) atoms. The number of amides is 1. The molecule has 1 amide bonds. The van der Waals surface area contributed by atoms with Gasteiger partial charge in [0.25, 0.3) is 0 Å². The highest BCUT2D eigenvalue weighted by molar-refractivity contribution is 6.35. The molecule has 1 aromatic carbocycles. The van der Waals surface area contributed by atoms with Gasteiger partial charge >= 0.3 is 0 Å². The van der Waals surface area contributed by atoms with Crippen molar-refractivity contribution >= 4 is 34.8 Å². The van der Waals surface area contributed by atoms with Crippen LogP contribution in [0.3, 0.4) is 0 Å². The maximum atomic E-state index is 12.1. The number of halogens is 2. The Morgan fingerprint density at radius 2 is 2.09 bits per heavy atom. The number of anilines is 1. The van der Waals surface area contributed by atoms with Gasteiger partial charge in [-0.2, -0.15) is 0 Å². The van der Waals surface area contributed by atoms with Crippen molar-refractivity contribution in [2.24, 2.45) is 0 Å². The highest BCUT2D eigenvalue weighted by Crippen LogP contribution is 2.25. The number of likely N-dealkylation sites (tertiary alicyclic amines) is 1. The smallest absolute Gasteiger partial charge is 0.225 e. The van der Waals surface area contributed by atoms with Gasteiger partial charge in [0, 0.05) is 36.6 Å². The third-order valence-electron chi connectivity index (χ3n) is 4.46. The van der Waals surface area contributed by atoms with E-state index in [1.54, 1.807) is 18.2 Å². The number of nitrogens with zero attached hydrogens (tertiary/aromatic N) is 1. The van der Waals surface area contributed by atoms with E-state index < -0.39 is 0 Å². The second-order valence-electron chi connectivity index (χ2n) is 6.15. The number of hydrogen-bond acceptors (Lipinski definition) is 3. The zero-order valence-electron chi connectivity index (χ0n) is 12.4. The van der Waals surface area contributed by atoms with Crippen molar-refractivity contribution in [1.29, 1.82) is 0 Å². The van der Waals surface area contributed by atoms with Gasteiger partial charge in [0.05, 0.1) is 10.7 Å². The van der Waals surface area contributed by atoms with Crippen molar-refractivity contribution in [3.8, 4) is 0 Å². The summed E-state index contributed by atoms with van der Waals surface area (Å²) in [6, 6.07) is 6.35. The van der Waals surface area contributed by atoms with Gasteiger partial charge in [-0.1, -0.05) is 23.2 Å². The lowest BCUT2D eigenvalue weighted by Gasteiger charge is -2.23. The molecule has 0 aromatic heterocycles. The molecule has 0 radical (unpaired) electrons. The average molecular weight is 342 g/mol. The molecular formula is C16H21Cl2N3O. The zero-order chi connectivity index (χ0) is 15.5. The third kappa shape index (κ3) is 4.13. The molecule has 2 fully saturated rings. The van der Waals surface area contributed by atoms with Gasteiger partial charge in [-0.15, -0.1) is 0 Å². The topological polar surface area (TPSA) is 44.4 Å². The second-order valence-corrected chi connectivity index (χ2v) is 6.99. The number of benzene rings is 1. The maximum absolute atomic E-state index is 12.1. The summed E-state index contributed by atoms with van der Waals surface area (Å²) in [5, 5.41) is 7.56. The van der Waals surface area contributed by atoms with Crippen LogP contribution in [0.15, 0.2) is 18.2 Å². The molecule has 3 rings (SSSR count). The Kier molecular flexibility index (Phi) is 5.24. The van der Waals surface area contributed by atoms with Crippen molar-refractivity contribution < 1.29 is 4.79 Å². The van der Waals surface area contributed by atoms with E-state index in [9.17, 15) is 4.79 Å². The van der Waals surface area contributed by atoms with Gasteiger partial charge in [0.1, 0.15) is 0 Å². The highest BCUT2D eigenvalue weighted by atomic mass is 35.5. The lowest BCUT2D eigenvalue weighted by molar-refractivity contribution is -0.116. The van der Waals surface area contributed by atoms with Crippen LogP contribution >= 0.6 is 23.2 Å². The SMILES string of the molecule is O=C(CCN1CCC2CCC(C1)N2)Nc1cc(Cl)ccc1Cl. The molecule has 0 saturated carbocycles. The Morgan fingerprint density at radius 3 is 2.95 bits per heavy atom. The summed E-state index contributed by atoms with van der Waals surface area (Å²) in [6.07, 6.45) is 4.20. The van der Waals surface area contributed by atoms with Crippen LogP contribution in [0.25, 0.3) is 0 Å². The predicted molar refractivity (Wildman–Crippen MR) is 90.7 cm³/mol. The van der Waals surface area contributed by atoms with E-state index in [-0.39, 0.29) is 5.91 Å². The van der Waals surface area contributed by atoms with Crippen LogP contribution in [-0.4, -0.2) is 42.5 Å². The predicted octanol–water partition coefficient (Wildman–Crippen LogP) is 3.15. The second kappa shape index (κ2) is 7.18. The quantitative estimate of drug-likeness (QED) is 0.884. The molecule has 0 spiro atoms. The lowest BCUT2D eigenvalue weighted by atomic mass is 10.1. The summed E-state index contributed by atoms with van der Waals surface area (Å²) in [5.74, 6) is -0.0217. The molecular weight excluding hydrogens is 321 g/mol. The van der Waals surface area contributed by atoms with Crippen molar-refractivity contribution in [3.05, 3.63) is 28.2 Å². The molecule has 2 bridgehead atoms. The lowest BCUT2D eigenvalue weighted by Crippen LogP contribution is -2.36. The standard InChI is InChI=1S/C16H21Cl2N3O/c17-11-1-4-14(18)15(9-11)20-16(22)6-8-21-7-5-12-2-3-13(10-21)19-12/h1,4,9,12-13,19H,2-3,5-8,10H2,(H,20,22). The van der Waals surface area contributed by atoms with Crippen molar-refractivity contribution in [3.63, 3.8) is 0 Å². The first-order chi connectivity index (χ1) is 10.6. The normalized spacial score (nSPS) is 25.0. The Bertz CT molecular complexity index is 552. The van der Waals surface area contributed by atoms with Crippen molar-refractivity contribution in [2.75, 3.05) is 25.0 Å². The third-order valence-corrected chi connectivity index (χ3v) is 5.03. The minimum atomic E-state index is -0.0217.